The number of amides is 2. The van der Waals surface area contributed by atoms with Crippen LogP contribution >= 0.6 is 11.6 Å². The standard InChI is InChI=1S/C27H35ClN2O4/c1-20(27(32)29-23-9-4-3-5-10-23)30(19-21-8-6-11-25(18-21)33-2)26(31)12-7-17-34-24-15-13-22(28)14-16-24/h6,8,11,13-16,18,20,23H,3-5,7,9-10,12,17,19H2,1-2H3,(H,29,32)/t20-/m0/s1. The van der Waals surface area contributed by atoms with Gasteiger partial charge in [-0.05, 0) is 68.1 Å². The van der Waals surface area contributed by atoms with E-state index in [-0.39, 0.29) is 17.9 Å². The Balaban J connectivity index is 1.62. The summed E-state index contributed by atoms with van der Waals surface area (Å²) in [5, 5.41) is 3.81. The van der Waals surface area contributed by atoms with Crippen molar-refractivity contribution in [3.05, 3.63) is 59.1 Å². The highest BCUT2D eigenvalue weighted by Gasteiger charge is 2.28. The topological polar surface area (TPSA) is 67.9 Å². The van der Waals surface area contributed by atoms with Crippen molar-refractivity contribution in [2.45, 2.75) is 70.5 Å². The maximum Gasteiger partial charge on any atom is 0.242 e. The number of halogens is 1. The van der Waals surface area contributed by atoms with Crippen LogP contribution in [-0.4, -0.2) is 42.5 Å². The molecule has 1 atom stereocenters. The predicted molar refractivity (Wildman–Crippen MR) is 134 cm³/mol. The molecule has 1 aliphatic carbocycles. The Hall–Kier alpha value is -2.73. The zero-order valence-electron chi connectivity index (χ0n) is 20.1. The van der Waals surface area contributed by atoms with E-state index in [0.717, 1.165) is 37.0 Å². The van der Waals surface area contributed by atoms with Crippen LogP contribution in [0.4, 0.5) is 0 Å². The van der Waals surface area contributed by atoms with Crippen molar-refractivity contribution < 1.29 is 19.1 Å². The van der Waals surface area contributed by atoms with Gasteiger partial charge in [0, 0.05) is 24.0 Å². The van der Waals surface area contributed by atoms with Gasteiger partial charge in [-0.3, -0.25) is 9.59 Å². The van der Waals surface area contributed by atoms with Crippen molar-refractivity contribution in [3.63, 3.8) is 0 Å². The van der Waals surface area contributed by atoms with Gasteiger partial charge >= 0.3 is 0 Å². The maximum atomic E-state index is 13.2. The minimum Gasteiger partial charge on any atom is -0.497 e. The molecule has 184 valence electrons. The Morgan fingerprint density at radius 3 is 2.53 bits per heavy atom. The predicted octanol–water partition coefficient (Wildman–Crippen LogP) is 5.37. The van der Waals surface area contributed by atoms with Crippen LogP contribution in [0.25, 0.3) is 0 Å². The first kappa shape index (κ1) is 25.9. The minimum absolute atomic E-state index is 0.0752. The van der Waals surface area contributed by atoms with E-state index in [4.69, 9.17) is 21.1 Å². The van der Waals surface area contributed by atoms with Gasteiger partial charge in [0.2, 0.25) is 11.8 Å². The van der Waals surface area contributed by atoms with Crippen molar-refractivity contribution in [2.75, 3.05) is 13.7 Å². The summed E-state index contributed by atoms with van der Waals surface area (Å²) in [7, 11) is 1.61. The van der Waals surface area contributed by atoms with E-state index in [9.17, 15) is 9.59 Å². The summed E-state index contributed by atoms with van der Waals surface area (Å²) in [5.41, 5.74) is 0.919. The maximum absolute atomic E-state index is 13.2. The number of carbonyl (C=O) groups excluding carboxylic acids is 2. The lowest BCUT2D eigenvalue weighted by atomic mass is 9.95. The van der Waals surface area contributed by atoms with E-state index in [0.29, 0.717) is 36.8 Å². The lowest BCUT2D eigenvalue weighted by Crippen LogP contribution is -2.50. The number of carbonyl (C=O) groups is 2. The molecule has 3 rings (SSSR count). The molecule has 7 heteroatoms. The minimum atomic E-state index is -0.571. The highest BCUT2D eigenvalue weighted by molar-refractivity contribution is 6.30. The Morgan fingerprint density at radius 2 is 1.82 bits per heavy atom. The van der Waals surface area contributed by atoms with Gasteiger partial charge < -0.3 is 19.7 Å². The third-order valence-corrected chi connectivity index (χ3v) is 6.48. The SMILES string of the molecule is COc1cccc(CN(C(=O)CCCOc2ccc(Cl)cc2)[C@@H](C)C(=O)NC2CCCCC2)c1. The lowest BCUT2D eigenvalue weighted by molar-refractivity contribution is -0.141. The van der Waals surface area contributed by atoms with Crippen molar-refractivity contribution in [3.8, 4) is 11.5 Å². The first-order valence-corrected chi connectivity index (χ1v) is 12.4. The van der Waals surface area contributed by atoms with Crippen molar-refractivity contribution in [2.24, 2.45) is 0 Å². The molecule has 0 heterocycles. The van der Waals surface area contributed by atoms with E-state index in [1.807, 2.05) is 24.3 Å². The first-order chi connectivity index (χ1) is 16.5. The van der Waals surface area contributed by atoms with Gasteiger partial charge in [0.05, 0.1) is 13.7 Å². The molecule has 1 fully saturated rings. The Bertz CT molecular complexity index is 928. The molecule has 2 aromatic rings. The lowest BCUT2D eigenvalue weighted by Gasteiger charge is -2.31. The van der Waals surface area contributed by atoms with Crippen molar-refractivity contribution >= 4 is 23.4 Å². The van der Waals surface area contributed by atoms with E-state index in [2.05, 4.69) is 5.32 Å². The van der Waals surface area contributed by atoms with Crippen LogP contribution in [0.3, 0.4) is 0 Å². The quantitative estimate of drug-likeness (QED) is 0.433. The fourth-order valence-corrected chi connectivity index (χ4v) is 4.33. The van der Waals surface area contributed by atoms with E-state index < -0.39 is 6.04 Å². The Morgan fingerprint density at radius 1 is 1.09 bits per heavy atom. The van der Waals surface area contributed by atoms with Crippen LogP contribution in [-0.2, 0) is 16.1 Å². The van der Waals surface area contributed by atoms with Gasteiger partial charge in [0.15, 0.2) is 0 Å². The molecule has 2 amide bonds. The molecular weight excluding hydrogens is 452 g/mol. The number of hydrogen-bond donors (Lipinski definition) is 1. The third-order valence-electron chi connectivity index (χ3n) is 6.22. The van der Waals surface area contributed by atoms with Crippen LogP contribution < -0.4 is 14.8 Å². The second-order valence-corrected chi connectivity index (χ2v) is 9.24. The molecule has 0 aromatic heterocycles. The van der Waals surface area contributed by atoms with Crippen LogP contribution in [0, 0.1) is 0 Å². The zero-order chi connectivity index (χ0) is 24.3. The van der Waals surface area contributed by atoms with Crippen LogP contribution in [0.5, 0.6) is 11.5 Å². The molecule has 1 saturated carbocycles. The van der Waals surface area contributed by atoms with E-state index >= 15 is 0 Å². The van der Waals surface area contributed by atoms with Gasteiger partial charge in [-0.1, -0.05) is 43.0 Å². The number of hydrogen-bond acceptors (Lipinski definition) is 4. The molecule has 0 bridgehead atoms. The molecule has 6 nitrogen and oxygen atoms in total. The summed E-state index contributed by atoms with van der Waals surface area (Å²) < 4.78 is 11.0. The van der Waals surface area contributed by atoms with Gasteiger partial charge in [-0.15, -0.1) is 0 Å². The largest absolute Gasteiger partial charge is 0.497 e. The van der Waals surface area contributed by atoms with E-state index in [1.165, 1.54) is 6.42 Å². The molecule has 0 radical (unpaired) electrons. The van der Waals surface area contributed by atoms with Gasteiger partial charge in [-0.2, -0.15) is 0 Å². The summed E-state index contributed by atoms with van der Waals surface area (Å²) in [4.78, 5) is 27.9. The van der Waals surface area contributed by atoms with Gasteiger partial charge in [0.1, 0.15) is 17.5 Å². The molecule has 0 unspecified atom stereocenters. The number of methoxy groups -OCH3 is 1. The first-order valence-electron chi connectivity index (χ1n) is 12.1. The third kappa shape index (κ3) is 7.94. The number of nitrogens with one attached hydrogen (secondary N) is 1. The normalized spacial score (nSPS) is 14.8. The smallest absolute Gasteiger partial charge is 0.242 e. The number of rotatable bonds is 11. The zero-order valence-corrected chi connectivity index (χ0v) is 20.9. The average Bonchev–Trinajstić information content (AvgIpc) is 2.86. The fourth-order valence-electron chi connectivity index (χ4n) is 4.21. The molecule has 0 aliphatic heterocycles. The number of nitrogens with zero attached hydrogens (tertiary/aromatic N) is 1. The van der Waals surface area contributed by atoms with Crippen LogP contribution in [0.2, 0.25) is 5.02 Å². The van der Waals surface area contributed by atoms with Crippen LogP contribution in [0.1, 0.15) is 57.4 Å². The molecule has 1 N–H and O–H groups in total. The van der Waals surface area contributed by atoms with Gasteiger partial charge in [-0.25, -0.2) is 0 Å². The van der Waals surface area contributed by atoms with Crippen molar-refractivity contribution in [1.82, 2.24) is 10.2 Å². The molecular formula is C27H35ClN2O4. The molecule has 34 heavy (non-hydrogen) atoms. The van der Waals surface area contributed by atoms with E-state index in [1.54, 1.807) is 43.2 Å². The summed E-state index contributed by atoms with van der Waals surface area (Å²) >= 11 is 5.91. The number of ether oxygens (including phenoxy) is 2. The summed E-state index contributed by atoms with van der Waals surface area (Å²) in [6.45, 7) is 2.55. The number of benzene rings is 2. The summed E-state index contributed by atoms with van der Waals surface area (Å²) in [6.07, 6.45) is 6.35. The second kappa shape index (κ2) is 13.2. The average molecular weight is 487 g/mol. The van der Waals surface area contributed by atoms with Gasteiger partial charge in [0.25, 0.3) is 0 Å². The Kier molecular flexibility index (Phi) is 10.1. The highest BCUT2D eigenvalue weighted by atomic mass is 35.5. The van der Waals surface area contributed by atoms with Crippen LogP contribution in [0.15, 0.2) is 48.5 Å². The summed E-state index contributed by atoms with van der Waals surface area (Å²) in [5.74, 6) is 1.26. The molecule has 1 aliphatic rings. The highest BCUT2D eigenvalue weighted by Crippen LogP contribution is 2.20. The summed E-state index contributed by atoms with van der Waals surface area (Å²) in [6, 6.07) is 14.4. The molecule has 2 aromatic carbocycles. The Labute approximate surface area is 207 Å². The van der Waals surface area contributed by atoms with Crippen molar-refractivity contribution in [1.29, 1.82) is 0 Å². The second-order valence-electron chi connectivity index (χ2n) is 8.80. The molecule has 0 spiro atoms. The monoisotopic (exact) mass is 486 g/mol. The fraction of sp³-hybridized carbons (Fsp3) is 0.481. The molecule has 0 saturated heterocycles.